The predicted molar refractivity (Wildman–Crippen MR) is 65.9 cm³/mol. The van der Waals surface area contributed by atoms with E-state index in [1.807, 2.05) is 0 Å². The molecule has 0 radical (unpaired) electrons. The Bertz CT molecular complexity index is 311. The SMILES string of the molecule is CC(C)C(N)C(=O)CC1C(O)OC(CO)C(O)C1O. The number of hydrogen-bond acceptors (Lipinski definition) is 7. The monoisotopic (exact) mass is 277 g/mol. The highest BCUT2D eigenvalue weighted by Gasteiger charge is 2.44. The highest BCUT2D eigenvalue weighted by atomic mass is 16.6. The molecule has 6 N–H and O–H groups in total. The van der Waals surface area contributed by atoms with E-state index in [-0.39, 0.29) is 18.1 Å². The maximum Gasteiger partial charge on any atom is 0.160 e. The molecule has 0 aliphatic carbocycles. The van der Waals surface area contributed by atoms with Gasteiger partial charge in [0.2, 0.25) is 0 Å². The number of hydrogen-bond donors (Lipinski definition) is 5. The number of ether oxygens (including phenoxy) is 1. The summed E-state index contributed by atoms with van der Waals surface area (Å²) in [6.07, 6.45) is -5.35. The second-order valence-electron chi connectivity index (χ2n) is 5.33. The number of Topliss-reactive ketones (excluding diaryl/α,β-unsaturated/α-hetero) is 1. The van der Waals surface area contributed by atoms with E-state index < -0.39 is 43.2 Å². The van der Waals surface area contributed by atoms with Crippen LogP contribution in [-0.4, -0.2) is 63.5 Å². The van der Waals surface area contributed by atoms with Crippen LogP contribution < -0.4 is 5.73 Å². The quantitative estimate of drug-likeness (QED) is 0.391. The van der Waals surface area contributed by atoms with Crippen LogP contribution >= 0.6 is 0 Å². The molecule has 7 heteroatoms. The van der Waals surface area contributed by atoms with Crippen LogP contribution in [0.25, 0.3) is 0 Å². The molecule has 6 unspecified atom stereocenters. The van der Waals surface area contributed by atoms with Crippen LogP contribution in [-0.2, 0) is 9.53 Å². The first-order valence-electron chi connectivity index (χ1n) is 6.38. The third kappa shape index (κ3) is 3.71. The summed E-state index contributed by atoms with van der Waals surface area (Å²) in [4.78, 5) is 11.9. The van der Waals surface area contributed by atoms with Crippen molar-refractivity contribution in [2.24, 2.45) is 17.6 Å². The van der Waals surface area contributed by atoms with E-state index in [4.69, 9.17) is 15.6 Å². The summed E-state index contributed by atoms with van der Waals surface area (Å²) in [7, 11) is 0. The molecule has 1 aliphatic rings. The Balaban J connectivity index is 2.70. The molecule has 0 saturated carbocycles. The molecule has 1 rings (SSSR count). The molecule has 7 nitrogen and oxygen atoms in total. The third-order valence-corrected chi connectivity index (χ3v) is 3.56. The van der Waals surface area contributed by atoms with Gasteiger partial charge in [0, 0.05) is 12.3 Å². The van der Waals surface area contributed by atoms with Gasteiger partial charge in [0.1, 0.15) is 18.0 Å². The van der Waals surface area contributed by atoms with Gasteiger partial charge in [0.05, 0.1) is 18.8 Å². The number of carbonyl (C=O) groups is 1. The fourth-order valence-electron chi connectivity index (χ4n) is 2.12. The van der Waals surface area contributed by atoms with Crippen molar-refractivity contribution in [1.82, 2.24) is 0 Å². The molecule has 1 fully saturated rings. The Hall–Kier alpha value is -0.570. The minimum absolute atomic E-state index is 0.0543. The average molecular weight is 277 g/mol. The minimum atomic E-state index is -1.42. The van der Waals surface area contributed by atoms with Crippen LogP contribution in [0.3, 0.4) is 0 Å². The minimum Gasteiger partial charge on any atom is -0.394 e. The first kappa shape index (κ1) is 16.5. The first-order valence-corrected chi connectivity index (χ1v) is 6.38. The van der Waals surface area contributed by atoms with Crippen molar-refractivity contribution in [3.05, 3.63) is 0 Å². The fourth-order valence-corrected chi connectivity index (χ4v) is 2.12. The van der Waals surface area contributed by atoms with E-state index in [1.54, 1.807) is 13.8 Å². The van der Waals surface area contributed by atoms with Gasteiger partial charge in [0.15, 0.2) is 6.29 Å². The van der Waals surface area contributed by atoms with Crippen molar-refractivity contribution in [3.63, 3.8) is 0 Å². The van der Waals surface area contributed by atoms with Crippen molar-refractivity contribution >= 4 is 5.78 Å². The Morgan fingerprint density at radius 1 is 1.26 bits per heavy atom. The zero-order chi connectivity index (χ0) is 14.7. The van der Waals surface area contributed by atoms with Crippen LogP contribution in [0.2, 0.25) is 0 Å². The molecule has 0 aromatic heterocycles. The Morgan fingerprint density at radius 2 is 1.84 bits per heavy atom. The molecule has 1 saturated heterocycles. The second-order valence-corrected chi connectivity index (χ2v) is 5.33. The normalized spacial score (nSPS) is 37.4. The van der Waals surface area contributed by atoms with Crippen LogP contribution in [0.15, 0.2) is 0 Å². The van der Waals surface area contributed by atoms with E-state index >= 15 is 0 Å². The van der Waals surface area contributed by atoms with Gasteiger partial charge in [-0.25, -0.2) is 0 Å². The van der Waals surface area contributed by atoms with E-state index in [1.165, 1.54) is 0 Å². The molecule has 19 heavy (non-hydrogen) atoms. The van der Waals surface area contributed by atoms with Gasteiger partial charge in [-0.15, -0.1) is 0 Å². The first-order chi connectivity index (χ1) is 8.79. The molecule has 112 valence electrons. The van der Waals surface area contributed by atoms with Gasteiger partial charge in [-0.05, 0) is 5.92 Å². The fraction of sp³-hybridized carbons (Fsp3) is 0.917. The third-order valence-electron chi connectivity index (χ3n) is 3.56. The number of aliphatic hydroxyl groups excluding tert-OH is 4. The maximum atomic E-state index is 11.9. The van der Waals surface area contributed by atoms with Gasteiger partial charge < -0.3 is 30.9 Å². The number of rotatable bonds is 5. The lowest BCUT2D eigenvalue weighted by Gasteiger charge is -2.40. The van der Waals surface area contributed by atoms with Gasteiger partial charge in [-0.1, -0.05) is 13.8 Å². The Kier molecular flexibility index (Phi) is 5.84. The van der Waals surface area contributed by atoms with E-state index in [9.17, 15) is 20.1 Å². The smallest absolute Gasteiger partial charge is 0.160 e. The van der Waals surface area contributed by atoms with Crippen LogP contribution in [0.1, 0.15) is 20.3 Å². The molecule has 0 aromatic carbocycles. The predicted octanol–water partition coefficient (Wildman–Crippen LogP) is -2.02. The largest absolute Gasteiger partial charge is 0.394 e. The molecule has 6 atom stereocenters. The molecule has 1 heterocycles. The zero-order valence-electron chi connectivity index (χ0n) is 11.1. The van der Waals surface area contributed by atoms with E-state index in [0.717, 1.165) is 0 Å². The molecule has 0 bridgehead atoms. The summed E-state index contributed by atoms with van der Waals surface area (Å²) in [5.74, 6) is -1.31. The van der Waals surface area contributed by atoms with Gasteiger partial charge >= 0.3 is 0 Å². The summed E-state index contributed by atoms with van der Waals surface area (Å²) >= 11 is 0. The highest BCUT2D eigenvalue weighted by Crippen LogP contribution is 2.28. The molecule has 0 spiro atoms. The average Bonchev–Trinajstić information content (AvgIpc) is 2.37. The molecule has 1 aliphatic heterocycles. The number of ketones is 1. The lowest BCUT2D eigenvalue weighted by molar-refractivity contribution is -0.269. The van der Waals surface area contributed by atoms with Crippen molar-refractivity contribution < 1.29 is 30.0 Å². The van der Waals surface area contributed by atoms with Crippen LogP contribution in [0.5, 0.6) is 0 Å². The molecular weight excluding hydrogens is 254 g/mol. The topological polar surface area (TPSA) is 133 Å². The Labute approximate surface area is 112 Å². The lowest BCUT2D eigenvalue weighted by atomic mass is 9.84. The zero-order valence-corrected chi connectivity index (χ0v) is 11.1. The standard InChI is InChI=1S/C12H23NO6/c1-5(2)9(13)7(15)3-6-10(16)11(17)8(4-14)19-12(6)18/h5-6,8-12,14,16-18H,3-4,13H2,1-2H3. The summed E-state index contributed by atoms with van der Waals surface area (Å²) in [5.41, 5.74) is 5.70. The highest BCUT2D eigenvalue weighted by molar-refractivity contribution is 5.84. The number of nitrogens with two attached hydrogens (primary N) is 1. The second kappa shape index (κ2) is 6.74. The van der Waals surface area contributed by atoms with Crippen molar-refractivity contribution in [3.8, 4) is 0 Å². The molecule has 0 amide bonds. The molecular formula is C12H23NO6. The van der Waals surface area contributed by atoms with E-state index in [0.29, 0.717) is 0 Å². The van der Waals surface area contributed by atoms with Crippen molar-refractivity contribution in [2.45, 2.75) is 50.9 Å². The van der Waals surface area contributed by atoms with Crippen molar-refractivity contribution in [1.29, 1.82) is 0 Å². The summed E-state index contributed by atoms with van der Waals surface area (Å²) in [6.45, 7) is 3.06. The van der Waals surface area contributed by atoms with Gasteiger partial charge in [-0.3, -0.25) is 4.79 Å². The maximum absolute atomic E-state index is 11.9. The lowest BCUT2D eigenvalue weighted by Crippen LogP contribution is -2.56. The summed E-state index contributed by atoms with van der Waals surface area (Å²) < 4.78 is 4.97. The number of aliphatic hydroxyl groups is 4. The van der Waals surface area contributed by atoms with Crippen LogP contribution in [0, 0.1) is 11.8 Å². The Morgan fingerprint density at radius 3 is 2.32 bits per heavy atom. The van der Waals surface area contributed by atoms with Crippen LogP contribution in [0.4, 0.5) is 0 Å². The van der Waals surface area contributed by atoms with Gasteiger partial charge in [0.25, 0.3) is 0 Å². The van der Waals surface area contributed by atoms with Gasteiger partial charge in [-0.2, -0.15) is 0 Å². The summed E-state index contributed by atoms with van der Waals surface area (Å²) in [5, 5.41) is 38.2. The molecule has 0 aromatic rings. The van der Waals surface area contributed by atoms with Crippen molar-refractivity contribution in [2.75, 3.05) is 6.61 Å². The van der Waals surface area contributed by atoms with E-state index in [2.05, 4.69) is 0 Å². The number of carbonyl (C=O) groups excluding carboxylic acids is 1. The summed E-state index contributed by atoms with van der Waals surface area (Å²) in [6, 6.07) is -0.688.